The van der Waals surface area contributed by atoms with Gasteiger partial charge < -0.3 is 28.3 Å². The summed E-state index contributed by atoms with van der Waals surface area (Å²) in [5.74, 6) is 0.492. The van der Waals surface area contributed by atoms with E-state index in [0.29, 0.717) is 63.9 Å². The predicted octanol–water partition coefficient (Wildman–Crippen LogP) is 0.123. The molecule has 0 spiro atoms. The Balaban J connectivity index is 1.30. The van der Waals surface area contributed by atoms with Crippen molar-refractivity contribution >= 4 is 11.8 Å². The highest BCUT2D eigenvalue weighted by Crippen LogP contribution is 2.45. The summed E-state index contributed by atoms with van der Waals surface area (Å²) in [4.78, 5) is 38.4. The number of amides is 2. The summed E-state index contributed by atoms with van der Waals surface area (Å²) < 4.78 is 20.9. The highest BCUT2D eigenvalue weighted by Gasteiger charge is 2.55. The molecule has 2 aliphatic heterocycles. The molecule has 3 fully saturated rings. The van der Waals surface area contributed by atoms with Crippen LogP contribution in [0.15, 0.2) is 21.8 Å². The molecule has 0 radical (unpaired) electrons. The maximum atomic E-state index is 13.5. The third-order valence-corrected chi connectivity index (χ3v) is 6.07. The van der Waals surface area contributed by atoms with Gasteiger partial charge in [-0.2, -0.15) is 9.97 Å². The fraction of sp³-hybridized carbons (Fsp3) is 0.667. The van der Waals surface area contributed by atoms with Gasteiger partial charge >= 0.3 is 0 Å². The third-order valence-electron chi connectivity index (χ3n) is 6.07. The Bertz CT molecular complexity index is 815. The molecule has 2 unspecified atom stereocenters. The van der Waals surface area contributed by atoms with Gasteiger partial charge in [0.2, 0.25) is 36.3 Å². The second-order valence-corrected chi connectivity index (χ2v) is 7.74. The molecule has 2 saturated heterocycles. The first-order valence-electron chi connectivity index (χ1n) is 10.0. The van der Waals surface area contributed by atoms with Crippen LogP contribution in [0.1, 0.15) is 43.1 Å². The molecule has 1 saturated carbocycles. The summed E-state index contributed by atoms with van der Waals surface area (Å²) in [6.07, 6.45) is 3.47. The van der Waals surface area contributed by atoms with Crippen LogP contribution in [-0.4, -0.2) is 81.3 Å². The lowest BCUT2D eigenvalue weighted by Crippen LogP contribution is -2.60. The maximum absolute atomic E-state index is 13.5. The Hall–Kier alpha value is -2.86. The molecule has 2 atom stereocenters. The van der Waals surface area contributed by atoms with E-state index in [-0.39, 0.29) is 11.8 Å². The van der Waals surface area contributed by atoms with Gasteiger partial charge in [0.1, 0.15) is 17.6 Å². The Kier molecular flexibility index (Phi) is 4.95. The fourth-order valence-corrected chi connectivity index (χ4v) is 4.28. The van der Waals surface area contributed by atoms with Crippen LogP contribution < -0.4 is 0 Å². The molecule has 2 amide bonds. The fourth-order valence-electron chi connectivity index (χ4n) is 4.28. The molecule has 0 bridgehead atoms. The number of carbonyl (C=O) groups is 2. The van der Waals surface area contributed by atoms with Crippen molar-refractivity contribution in [3.05, 3.63) is 24.4 Å². The SMILES string of the molecule is O=C(N1CCOC(c2ncon2)C1)C1(C(=O)N2CCOC(c3ncon3)C2)CCC1. The lowest BCUT2D eigenvalue weighted by Gasteiger charge is -2.47. The molecule has 2 aromatic rings. The molecular formula is C18H22N6O6. The van der Waals surface area contributed by atoms with Gasteiger partial charge in [0, 0.05) is 13.1 Å². The second kappa shape index (κ2) is 7.76. The molecule has 4 heterocycles. The first-order chi connectivity index (χ1) is 14.7. The second-order valence-electron chi connectivity index (χ2n) is 7.74. The van der Waals surface area contributed by atoms with Crippen LogP contribution in [0.4, 0.5) is 0 Å². The summed E-state index contributed by atoms with van der Waals surface area (Å²) in [5.41, 5.74) is -1.03. The van der Waals surface area contributed by atoms with E-state index in [1.807, 2.05) is 0 Å². The maximum Gasteiger partial charge on any atom is 0.238 e. The molecule has 12 heteroatoms. The summed E-state index contributed by atoms with van der Waals surface area (Å²) in [7, 11) is 0. The molecule has 160 valence electrons. The predicted molar refractivity (Wildman–Crippen MR) is 95.4 cm³/mol. The van der Waals surface area contributed by atoms with Crippen LogP contribution >= 0.6 is 0 Å². The first-order valence-corrected chi connectivity index (χ1v) is 10.0. The average Bonchev–Trinajstić information content (AvgIpc) is 3.47. The van der Waals surface area contributed by atoms with Crippen molar-refractivity contribution in [1.29, 1.82) is 0 Å². The molecule has 0 N–H and O–H groups in total. The number of hydrogen-bond donors (Lipinski definition) is 0. The van der Waals surface area contributed by atoms with E-state index in [0.717, 1.165) is 6.42 Å². The highest BCUT2D eigenvalue weighted by atomic mass is 16.5. The van der Waals surface area contributed by atoms with Gasteiger partial charge in [-0.3, -0.25) is 9.59 Å². The van der Waals surface area contributed by atoms with E-state index in [9.17, 15) is 9.59 Å². The quantitative estimate of drug-likeness (QED) is 0.630. The first kappa shape index (κ1) is 19.1. The topological polar surface area (TPSA) is 137 Å². The van der Waals surface area contributed by atoms with E-state index in [1.165, 1.54) is 12.8 Å². The summed E-state index contributed by atoms with van der Waals surface area (Å²) in [5, 5.41) is 7.63. The number of carbonyl (C=O) groups excluding carboxylic acids is 2. The van der Waals surface area contributed by atoms with E-state index in [1.54, 1.807) is 9.80 Å². The van der Waals surface area contributed by atoms with Gasteiger partial charge in [-0.05, 0) is 12.8 Å². The zero-order valence-electron chi connectivity index (χ0n) is 16.3. The zero-order chi connectivity index (χ0) is 20.6. The Labute approximate surface area is 171 Å². The summed E-state index contributed by atoms with van der Waals surface area (Å²) in [6.45, 7) is 2.15. The number of aromatic nitrogens is 4. The standard InChI is InChI=1S/C18H22N6O6/c25-16(23-4-6-27-12(8-23)14-19-10-29-21-14)18(2-1-3-18)17(26)24-5-7-28-13(9-24)15-20-11-30-22-15/h10-13H,1-9H2. The molecule has 3 aliphatic rings. The van der Waals surface area contributed by atoms with Crippen molar-refractivity contribution in [3.63, 3.8) is 0 Å². The van der Waals surface area contributed by atoms with E-state index in [2.05, 4.69) is 20.3 Å². The van der Waals surface area contributed by atoms with Crippen molar-refractivity contribution in [2.75, 3.05) is 39.4 Å². The van der Waals surface area contributed by atoms with E-state index in [4.69, 9.17) is 18.5 Å². The normalized spacial score (nSPS) is 26.3. The average molecular weight is 418 g/mol. The van der Waals surface area contributed by atoms with Gasteiger partial charge in [-0.1, -0.05) is 16.7 Å². The lowest BCUT2D eigenvalue weighted by atomic mass is 9.66. The van der Waals surface area contributed by atoms with Gasteiger partial charge in [-0.25, -0.2) is 0 Å². The molecule has 30 heavy (non-hydrogen) atoms. The smallest absolute Gasteiger partial charge is 0.238 e. The van der Waals surface area contributed by atoms with E-state index < -0.39 is 17.6 Å². The van der Waals surface area contributed by atoms with Crippen LogP contribution in [0.2, 0.25) is 0 Å². The van der Waals surface area contributed by atoms with Crippen LogP contribution in [-0.2, 0) is 19.1 Å². The number of nitrogens with zero attached hydrogens (tertiary/aromatic N) is 6. The van der Waals surface area contributed by atoms with Crippen LogP contribution in [0, 0.1) is 5.41 Å². The number of morpholine rings is 2. The van der Waals surface area contributed by atoms with Crippen molar-refractivity contribution in [2.24, 2.45) is 5.41 Å². The highest BCUT2D eigenvalue weighted by molar-refractivity contribution is 6.06. The molecule has 0 aromatic carbocycles. The Morgan fingerprint density at radius 1 is 0.867 bits per heavy atom. The zero-order valence-corrected chi connectivity index (χ0v) is 16.3. The van der Waals surface area contributed by atoms with Crippen LogP contribution in [0.3, 0.4) is 0 Å². The monoisotopic (exact) mass is 418 g/mol. The number of hydrogen-bond acceptors (Lipinski definition) is 10. The number of rotatable bonds is 4. The van der Waals surface area contributed by atoms with Crippen LogP contribution in [0.25, 0.3) is 0 Å². The molecule has 1 aliphatic carbocycles. The van der Waals surface area contributed by atoms with Crippen molar-refractivity contribution in [2.45, 2.75) is 31.5 Å². The van der Waals surface area contributed by atoms with Crippen molar-refractivity contribution in [1.82, 2.24) is 30.1 Å². The minimum Gasteiger partial charge on any atom is -0.366 e. The largest absolute Gasteiger partial charge is 0.366 e. The van der Waals surface area contributed by atoms with Gasteiger partial charge in [0.05, 0.1) is 26.3 Å². The Morgan fingerprint density at radius 2 is 1.37 bits per heavy atom. The van der Waals surface area contributed by atoms with Crippen molar-refractivity contribution < 1.29 is 28.1 Å². The minimum absolute atomic E-state index is 0.154. The molecule has 2 aromatic heterocycles. The van der Waals surface area contributed by atoms with Gasteiger partial charge in [-0.15, -0.1) is 0 Å². The molecule has 5 rings (SSSR count). The van der Waals surface area contributed by atoms with E-state index >= 15 is 0 Å². The van der Waals surface area contributed by atoms with Crippen molar-refractivity contribution in [3.8, 4) is 0 Å². The number of ether oxygens (including phenoxy) is 2. The van der Waals surface area contributed by atoms with Gasteiger partial charge in [0.15, 0.2) is 0 Å². The van der Waals surface area contributed by atoms with Crippen LogP contribution in [0.5, 0.6) is 0 Å². The lowest BCUT2D eigenvalue weighted by molar-refractivity contribution is -0.171. The third kappa shape index (κ3) is 3.25. The Morgan fingerprint density at radius 3 is 1.73 bits per heavy atom. The molecular weight excluding hydrogens is 396 g/mol. The minimum atomic E-state index is -1.03. The molecule has 12 nitrogen and oxygen atoms in total. The summed E-state index contributed by atoms with van der Waals surface area (Å²) >= 11 is 0. The summed E-state index contributed by atoms with van der Waals surface area (Å²) in [6, 6.07) is 0. The van der Waals surface area contributed by atoms with Gasteiger partial charge in [0.25, 0.3) is 0 Å².